The van der Waals surface area contributed by atoms with Gasteiger partial charge in [-0.2, -0.15) is 0 Å². The summed E-state index contributed by atoms with van der Waals surface area (Å²) in [6.07, 6.45) is 4.09. The molecular formula is C11H18O4. The summed E-state index contributed by atoms with van der Waals surface area (Å²) in [4.78, 5) is 21.8. The summed E-state index contributed by atoms with van der Waals surface area (Å²) < 4.78 is 9.97. The lowest BCUT2D eigenvalue weighted by Gasteiger charge is -2.16. The monoisotopic (exact) mass is 214 g/mol. The largest absolute Gasteiger partial charge is 0.465 e. The molecule has 0 saturated heterocycles. The van der Waals surface area contributed by atoms with Gasteiger partial charge < -0.3 is 9.47 Å². The molecule has 0 N–H and O–H groups in total. The van der Waals surface area contributed by atoms with Gasteiger partial charge in [-0.1, -0.05) is 13.3 Å². The lowest BCUT2D eigenvalue weighted by molar-refractivity contribution is -0.154. The Hall–Kier alpha value is -1.06. The Morgan fingerprint density at radius 3 is 2.93 bits per heavy atom. The fourth-order valence-electron chi connectivity index (χ4n) is 1.85. The van der Waals surface area contributed by atoms with Crippen LogP contribution in [-0.2, 0) is 19.1 Å². The van der Waals surface area contributed by atoms with Gasteiger partial charge in [0.2, 0.25) is 0 Å². The van der Waals surface area contributed by atoms with E-state index in [1.807, 2.05) is 6.92 Å². The van der Waals surface area contributed by atoms with Crippen LogP contribution in [0, 0.1) is 5.92 Å². The average Bonchev–Trinajstić information content (AvgIpc) is 2.67. The SMILES string of the molecule is CCCCOC(=O)C1CCCC1OC=O. The molecule has 0 amide bonds. The summed E-state index contributed by atoms with van der Waals surface area (Å²) in [5.41, 5.74) is 0. The van der Waals surface area contributed by atoms with E-state index in [1.54, 1.807) is 0 Å². The van der Waals surface area contributed by atoms with Crippen molar-refractivity contribution >= 4 is 12.4 Å². The van der Waals surface area contributed by atoms with Gasteiger partial charge in [-0.15, -0.1) is 0 Å². The summed E-state index contributed by atoms with van der Waals surface area (Å²) in [6.45, 7) is 2.93. The van der Waals surface area contributed by atoms with Gasteiger partial charge >= 0.3 is 5.97 Å². The lowest BCUT2D eigenvalue weighted by Crippen LogP contribution is -2.27. The summed E-state index contributed by atoms with van der Waals surface area (Å²) in [5.74, 6) is -0.458. The lowest BCUT2D eigenvalue weighted by atomic mass is 10.1. The maximum Gasteiger partial charge on any atom is 0.312 e. The maximum absolute atomic E-state index is 11.6. The minimum atomic E-state index is -0.267. The highest BCUT2D eigenvalue weighted by atomic mass is 16.5. The van der Waals surface area contributed by atoms with Crippen LogP contribution in [0.25, 0.3) is 0 Å². The van der Waals surface area contributed by atoms with Gasteiger partial charge in [0.05, 0.1) is 12.5 Å². The molecule has 1 fully saturated rings. The molecule has 2 unspecified atom stereocenters. The van der Waals surface area contributed by atoms with E-state index in [0.29, 0.717) is 13.1 Å². The molecule has 0 aromatic heterocycles. The molecule has 4 heteroatoms. The molecule has 2 atom stereocenters. The minimum Gasteiger partial charge on any atom is -0.465 e. The van der Waals surface area contributed by atoms with Crippen LogP contribution in [0.2, 0.25) is 0 Å². The van der Waals surface area contributed by atoms with E-state index >= 15 is 0 Å². The van der Waals surface area contributed by atoms with Gasteiger partial charge in [-0.05, 0) is 25.7 Å². The molecule has 0 spiro atoms. The zero-order chi connectivity index (χ0) is 11.1. The summed E-state index contributed by atoms with van der Waals surface area (Å²) in [6, 6.07) is 0. The number of unbranched alkanes of at least 4 members (excludes halogenated alkanes) is 1. The number of carbonyl (C=O) groups excluding carboxylic acids is 2. The number of hydrogen-bond acceptors (Lipinski definition) is 4. The molecule has 0 radical (unpaired) electrons. The third kappa shape index (κ3) is 3.53. The van der Waals surface area contributed by atoms with Gasteiger partial charge in [0.25, 0.3) is 6.47 Å². The molecule has 0 aliphatic heterocycles. The van der Waals surface area contributed by atoms with Crippen LogP contribution in [0.1, 0.15) is 39.0 Å². The van der Waals surface area contributed by atoms with Crippen LogP contribution >= 0.6 is 0 Å². The van der Waals surface area contributed by atoms with E-state index in [-0.39, 0.29) is 18.0 Å². The zero-order valence-corrected chi connectivity index (χ0v) is 9.11. The van der Waals surface area contributed by atoms with Gasteiger partial charge in [0.15, 0.2) is 0 Å². The van der Waals surface area contributed by atoms with Crippen molar-refractivity contribution in [3.63, 3.8) is 0 Å². The van der Waals surface area contributed by atoms with Crippen molar-refractivity contribution in [2.45, 2.75) is 45.1 Å². The van der Waals surface area contributed by atoms with Crippen molar-refractivity contribution in [2.24, 2.45) is 5.92 Å². The number of esters is 1. The normalized spacial score (nSPS) is 24.9. The molecule has 1 rings (SSSR count). The van der Waals surface area contributed by atoms with E-state index < -0.39 is 0 Å². The van der Waals surface area contributed by atoms with Crippen LogP contribution in [0.5, 0.6) is 0 Å². The Labute approximate surface area is 89.9 Å². The van der Waals surface area contributed by atoms with E-state index in [0.717, 1.165) is 32.1 Å². The standard InChI is InChI=1S/C11H18O4/c1-2-3-7-14-11(13)9-5-4-6-10(9)15-8-12/h8-10H,2-7H2,1H3. The zero-order valence-electron chi connectivity index (χ0n) is 9.11. The summed E-state index contributed by atoms with van der Waals surface area (Å²) >= 11 is 0. The topological polar surface area (TPSA) is 52.6 Å². The van der Waals surface area contributed by atoms with E-state index in [9.17, 15) is 9.59 Å². The summed E-state index contributed by atoms with van der Waals surface area (Å²) in [5, 5.41) is 0. The Kier molecular flexibility index (Phi) is 5.15. The molecule has 1 saturated carbocycles. The van der Waals surface area contributed by atoms with Crippen LogP contribution < -0.4 is 0 Å². The third-order valence-corrected chi connectivity index (χ3v) is 2.73. The number of carbonyl (C=O) groups is 2. The molecule has 4 nitrogen and oxygen atoms in total. The van der Waals surface area contributed by atoms with Crippen LogP contribution in [0.15, 0.2) is 0 Å². The van der Waals surface area contributed by atoms with Crippen LogP contribution in [0.4, 0.5) is 0 Å². The maximum atomic E-state index is 11.6. The molecule has 0 aromatic rings. The predicted octanol–water partition coefficient (Wildman–Crippen LogP) is 1.67. The first kappa shape index (κ1) is 12.0. The highest BCUT2D eigenvalue weighted by Crippen LogP contribution is 2.28. The van der Waals surface area contributed by atoms with E-state index in [4.69, 9.17) is 9.47 Å². The first-order valence-electron chi connectivity index (χ1n) is 5.55. The predicted molar refractivity (Wildman–Crippen MR) is 54.1 cm³/mol. The first-order valence-corrected chi connectivity index (χ1v) is 5.55. The fraction of sp³-hybridized carbons (Fsp3) is 0.818. The van der Waals surface area contributed by atoms with Crippen molar-refractivity contribution < 1.29 is 19.1 Å². The van der Waals surface area contributed by atoms with Crippen LogP contribution in [0.3, 0.4) is 0 Å². The first-order chi connectivity index (χ1) is 7.29. The highest BCUT2D eigenvalue weighted by Gasteiger charge is 2.35. The van der Waals surface area contributed by atoms with Gasteiger partial charge in [-0.25, -0.2) is 0 Å². The Balaban J connectivity index is 2.33. The second kappa shape index (κ2) is 6.43. The second-order valence-corrected chi connectivity index (χ2v) is 3.83. The quantitative estimate of drug-likeness (QED) is 0.383. The van der Waals surface area contributed by atoms with Crippen molar-refractivity contribution in [2.75, 3.05) is 6.61 Å². The Bertz CT molecular complexity index is 215. The minimum absolute atomic E-state index is 0.215. The van der Waals surface area contributed by atoms with Gasteiger partial charge in [-0.3, -0.25) is 9.59 Å². The third-order valence-electron chi connectivity index (χ3n) is 2.73. The average molecular weight is 214 g/mol. The van der Waals surface area contributed by atoms with Crippen molar-refractivity contribution in [3.05, 3.63) is 0 Å². The highest BCUT2D eigenvalue weighted by molar-refractivity contribution is 5.73. The Morgan fingerprint density at radius 2 is 2.27 bits per heavy atom. The van der Waals surface area contributed by atoms with Crippen molar-refractivity contribution in [1.82, 2.24) is 0 Å². The van der Waals surface area contributed by atoms with Crippen LogP contribution in [-0.4, -0.2) is 25.2 Å². The van der Waals surface area contributed by atoms with Crippen molar-refractivity contribution in [3.8, 4) is 0 Å². The second-order valence-electron chi connectivity index (χ2n) is 3.83. The summed E-state index contributed by atoms with van der Waals surface area (Å²) in [7, 11) is 0. The number of ether oxygens (including phenoxy) is 2. The molecule has 15 heavy (non-hydrogen) atoms. The smallest absolute Gasteiger partial charge is 0.312 e. The molecule has 0 bridgehead atoms. The molecule has 1 aliphatic rings. The van der Waals surface area contributed by atoms with Gasteiger partial charge in [0, 0.05) is 0 Å². The van der Waals surface area contributed by atoms with Crippen molar-refractivity contribution in [1.29, 1.82) is 0 Å². The molecule has 86 valence electrons. The molecule has 0 heterocycles. The number of rotatable bonds is 6. The fourth-order valence-corrected chi connectivity index (χ4v) is 1.85. The molecule has 0 aromatic carbocycles. The van der Waals surface area contributed by atoms with E-state index in [2.05, 4.69) is 0 Å². The van der Waals surface area contributed by atoms with E-state index in [1.165, 1.54) is 0 Å². The van der Waals surface area contributed by atoms with Gasteiger partial charge in [0.1, 0.15) is 6.10 Å². The Morgan fingerprint density at radius 1 is 1.47 bits per heavy atom. The number of hydrogen-bond donors (Lipinski definition) is 0. The molecule has 1 aliphatic carbocycles. The molecular weight excluding hydrogens is 196 g/mol.